The molecule has 0 saturated carbocycles. The summed E-state index contributed by atoms with van der Waals surface area (Å²) in [4.78, 5) is 55.5. The van der Waals surface area contributed by atoms with Crippen LogP contribution in [0.2, 0.25) is 0 Å². The van der Waals surface area contributed by atoms with Crippen molar-refractivity contribution in [3.8, 4) is 0 Å². The Balaban J connectivity index is 1.61. The molecule has 1 aliphatic heterocycles. The van der Waals surface area contributed by atoms with Crippen LogP contribution >= 0.6 is 0 Å². The Morgan fingerprint density at radius 1 is 1.10 bits per heavy atom. The summed E-state index contributed by atoms with van der Waals surface area (Å²) in [7, 11) is 0. The number of para-hydroxylation sites is 1. The van der Waals surface area contributed by atoms with E-state index in [1.165, 1.54) is 6.92 Å². The van der Waals surface area contributed by atoms with Gasteiger partial charge in [-0.25, -0.2) is 15.1 Å². The lowest BCUT2D eigenvalue weighted by Gasteiger charge is -2.07. The zero-order valence-corrected chi connectivity index (χ0v) is 20.8. The van der Waals surface area contributed by atoms with E-state index < -0.39 is 16.8 Å². The first-order chi connectivity index (χ1) is 18.7. The molecule has 0 spiro atoms. The summed E-state index contributed by atoms with van der Waals surface area (Å²) < 4.78 is 1.89. The second-order valence-electron chi connectivity index (χ2n) is 8.92. The zero-order valence-electron chi connectivity index (χ0n) is 20.8. The number of nitrogens with zero attached hydrogens (tertiary/aromatic N) is 3. The predicted molar refractivity (Wildman–Crippen MR) is 146 cm³/mol. The van der Waals surface area contributed by atoms with Gasteiger partial charge in [0.1, 0.15) is 0 Å². The normalized spacial score (nSPS) is 13.8. The van der Waals surface area contributed by atoms with E-state index in [0.717, 1.165) is 16.4 Å². The van der Waals surface area contributed by atoms with Gasteiger partial charge in [-0.05, 0) is 24.6 Å². The van der Waals surface area contributed by atoms with E-state index in [4.69, 9.17) is 5.73 Å². The molecule has 0 atom stereocenters. The van der Waals surface area contributed by atoms with Crippen LogP contribution in [0, 0.1) is 10.1 Å². The minimum atomic E-state index is -0.791. The van der Waals surface area contributed by atoms with Gasteiger partial charge in [-0.1, -0.05) is 29.7 Å². The fraction of sp³-hybridized carbons (Fsp3) is 0.154. The molecule has 13 nitrogen and oxygen atoms in total. The number of nitrogens with one attached hydrogen (secondary N) is 4. The molecule has 1 aliphatic rings. The second kappa shape index (κ2) is 10.1. The number of H-pyrrole nitrogens is 1. The number of aryl methyl sites for hydroxylation is 1. The quantitative estimate of drug-likeness (QED) is 0.0578. The van der Waals surface area contributed by atoms with Crippen molar-refractivity contribution in [2.45, 2.75) is 19.9 Å². The fourth-order valence-electron chi connectivity index (χ4n) is 4.77. The molecule has 0 radical (unpaired) electrons. The smallest absolute Gasteiger partial charge is 0.259 e. The van der Waals surface area contributed by atoms with Crippen LogP contribution in [-0.2, 0) is 20.9 Å². The number of aromatic amines is 1. The average Bonchev–Trinajstić information content (AvgIpc) is 3.53. The number of fused-ring (bicyclic) bond motifs is 2. The van der Waals surface area contributed by atoms with Crippen molar-refractivity contribution in [1.82, 2.24) is 20.3 Å². The number of anilines is 1. The lowest BCUT2D eigenvalue weighted by atomic mass is 9.95. The van der Waals surface area contributed by atoms with Crippen LogP contribution in [0.1, 0.15) is 24.5 Å². The summed E-state index contributed by atoms with van der Waals surface area (Å²) >= 11 is 0. The van der Waals surface area contributed by atoms with Gasteiger partial charge in [0.15, 0.2) is 5.03 Å². The summed E-state index contributed by atoms with van der Waals surface area (Å²) in [5, 5.41) is 16.4. The van der Waals surface area contributed by atoms with Crippen molar-refractivity contribution in [2.24, 2.45) is 10.7 Å². The second-order valence-corrected chi connectivity index (χ2v) is 8.92. The van der Waals surface area contributed by atoms with Gasteiger partial charge in [0, 0.05) is 65.5 Å². The third kappa shape index (κ3) is 4.92. The highest BCUT2D eigenvalue weighted by atomic mass is 16.7. The average molecular weight is 529 g/mol. The minimum absolute atomic E-state index is 0.204. The van der Waals surface area contributed by atoms with Crippen LogP contribution in [-0.4, -0.2) is 44.8 Å². The molecule has 2 aromatic carbocycles. The maximum atomic E-state index is 13.2. The van der Waals surface area contributed by atoms with Gasteiger partial charge in [-0.15, -0.1) is 0 Å². The molecular weight excluding hydrogens is 504 g/mol. The summed E-state index contributed by atoms with van der Waals surface area (Å²) in [6.45, 7) is 2.03. The molecule has 4 aromatic rings. The summed E-state index contributed by atoms with van der Waals surface area (Å²) in [6.07, 6.45) is 3.97. The summed E-state index contributed by atoms with van der Waals surface area (Å²) in [5.74, 6) is -1.53. The lowest BCUT2D eigenvalue weighted by Crippen LogP contribution is -2.36. The number of carbonyl (C=O) groups excluding carboxylic acids is 3. The van der Waals surface area contributed by atoms with Gasteiger partial charge in [-0.3, -0.25) is 19.7 Å². The number of aliphatic imine (C=N–C) groups is 1. The molecular formula is C26H24N8O5. The van der Waals surface area contributed by atoms with Crippen LogP contribution in [0.15, 0.2) is 59.9 Å². The third-order valence-electron chi connectivity index (χ3n) is 6.31. The van der Waals surface area contributed by atoms with Crippen LogP contribution < -0.4 is 21.8 Å². The van der Waals surface area contributed by atoms with Crippen LogP contribution in [0.5, 0.6) is 0 Å². The number of hydrazine groups is 1. The van der Waals surface area contributed by atoms with Crippen molar-refractivity contribution < 1.29 is 19.4 Å². The highest BCUT2D eigenvalue weighted by Crippen LogP contribution is 2.38. The van der Waals surface area contributed by atoms with Gasteiger partial charge >= 0.3 is 0 Å². The van der Waals surface area contributed by atoms with Crippen LogP contribution in [0.3, 0.4) is 0 Å². The van der Waals surface area contributed by atoms with E-state index in [0.29, 0.717) is 35.2 Å². The number of carbonyl (C=O) groups is 3. The highest BCUT2D eigenvalue weighted by molar-refractivity contribution is 6.50. The first kappa shape index (κ1) is 25.2. The van der Waals surface area contributed by atoms with Crippen molar-refractivity contribution >= 4 is 62.3 Å². The number of nitro groups is 1. The number of nitrogens with two attached hydrogens (primary N) is 1. The SMILES string of the molecule is CC(=O)Nc1ccc2c(C3=C(c4c[nH]c5ccccc45)C(=O)NC3=O)cn(CCCN=C(N)N[N+](=O)[O-])c2c1. The minimum Gasteiger partial charge on any atom is -0.365 e. The Kier molecular flexibility index (Phi) is 6.54. The summed E-state index contributed by atoms with van der Waals surface area (Å²) in [5.41, 5.74) is 11.1. The van der Waals surface area contributed by atoms with Crippen molar-refractivity contribution in [2.75, 3.05) is 11.9 Å². The van der Waals surface area contributed by atoms with Gasteiger partial charge in [0.2, 0.25) is 5.91 Å². The molecule has 5 rings (SSSR count). The zero-order chi connectivity index (χ0) is 27.7. The highest BCUT2D eigenvalue weighted by Gasteiger charge is 2.35. The molecule has 2 aromatic heterocycles. The molecule has 0 fully saturated rings. The number of benzene rings is 2. The first-order valence-corrected chi connectivity index (χ1v) is 12.0. The Bertz CT molecular complexity index is 1730. The Labute approximate surface area is 220 Å². The van der Waals surface area contributed by atoms with Crippen molar-refractivity contribution in [3.05, 3.63) is 76.1 Å². The third-order valence-corrected chi connectivity index (χ3v) is 6.31. The molecule has 3 amide bonds. The molecule has 0 bridgehead atoms. The van der Waals surface area contributed by atoms with Crippen molar-refractivity contribution in [1.29, 1.82) is 0 Å². The molecule has 6 N–H and O–H groups in total. The maximum Gasteiger partial charge on any atom is 0.259 e. The number of hydrogen-bond donors (Lipinski definition) is 5. The predicted octanol–water partition coefficient (Wildman–Crippen LogP) is 2.13. The van der Waals surface area contributed by atoms with Crippen LogP contribution in [0.4, 0.5) is 5.69 Å². The van der Waals surface area contributed by atoms with Gasteiger partial charge in [0.05, 0.1) is 16.7 Å². The lowest BCUT2D eigenvalue weighted by molar-refractivity contribution is -0.525. The largest absolute Gasteiger partial charge is 0.365 e. The fourth-order valence-corrected chi connectivity index (χ4v) is 4.77. The summed E-state index contributed by atoms with van der Waals surface area (Å²) in [6, 6.07) is 12.8. The Hall–Kier alpha value is -5.46. The molecule has 13 heteroatoms. The van der Waals surface area contributed by atoms with Gasteiger partial charge in [-0.2, -0.15) is 0 Å². The van der Waals surface area contributed by atoms with E-state index >= 15 is 0 Å². The topological polar surface area (TPSA) is 190 Å². The van der Waals surface area contributed by atoms with E-state index in [2.05, 4.69) is 20.6 Å². The molecule has 0 aliphatic carbocycles. The molecule has 198 valence electrons. The maximum absolute atomic E-state index is 13.2. The van der Waals surface area contributed by atoms with E-state index in [9.17, 15) is 24.5 Å². The number of rotatable bonds is 8. The number of imide groups is 1. The monoisotopic (exact) mass is 528 g/mol. The Morgan fingerprint density at radius 3 is 2.59 bits per heavy atom. The van der Waals surface area contributed by atoms with Gasteiger partial charge in [0.25, 0.3) is 17.8 Å². The molecule has 0 saturated heterocycles. The first-order valence-electron chi connectivity index (χ1n) is 12.0. The van der Waals surface area contributed by atoms with E-state index in [1.54, 1.807) is 36.0 Å². The van der Waals surface area contributed by atoms with E-state index in [1.807, 2.05) is 28.8 Å². The molecule has 0 unspecified atom stereocenters. The molecule has 39 heavy (non-hydrogen) atoms. The van der Waals surface area contributed by atoms with Crippen molar-refractivity contribution in [3.63, 3.8) is 0 Å². The number of aromatic nitrogens is 2. The molecule has 3 heterocycles. The number of guanidine groups is 1. The van der Waals surface area contributed by atoms with E-state index in [-0.39, 0.29) is 29.6 Å². The van der Waals surface area contributed by atoms with Crippen LogP contribution in [0.25, 0.3) is 33.0 Å². The standard InChI is InChI=1S/C26H24N8O5/c1-14(35)30-15-7-8-17-19(13-33(21(17)11-15)10-4-9-28-26(27)32-34(38)39)23-22(24(36)31-25(23)37)18-12-29-20-6-3-2-5-16(18)20/h2-3,5-8,11-13,29H,4,9-10H2,1H3,(H,30,35)(H3,27,28,32)(H,31,36,37). The number of amides is 3. The Morgan fingerprint density at radius 2 is 1.85 bits per heavy atom. The van der Waals surface area contributed by atoms with Gasteiger partial charge < -0.3 is 20.6 Å². The number of hydrogen-bond acceptors (Lipinski definition) is 6.